The van der Waals surface area contributed by atoms with Crippen molar-refractivity contribution in [1.82, 2.24) is 9.38 Å². The first kappa shape index (κ1) is 12.2. The lowest BCUT2D eigenvalue weighted by Gasteiger charge is -2.06. The molecule has 1 aromatic carbocycles. The van der Waals surface area contributed by atoms with Crippen molar-refractivity contribution >= 4 is 39.5 Å². The molecule has 2 heterocycles. The Hall–Kier alpha value is -1.85. The third-order valence-electron chi connectivity index (χ3n) is 2.80. The summed E-state index contributed by atoms with van der Waals surface area (Å²) in [4.78, 5) is 17.1. The number of hydrogen-bond acceptors (Lipinski definition) is 3. The van der Waals surface area contributed by atoms with Gasteiger partial charge < -0.3 is 5.32 Å². The Morgan fingerprint density at radius 2 is 2.32 bits per heavy atom. The van der Waals surface area contributed by atoms with Crippen LogP contribution in [0, 0.1) is 6.92 Å². The number of imidazole rings is 1. The van der Waals surface area contributed by atoms with E-state index in [4.69, 9.17) is 11.6 Å². The Morgan fingerprint density at radius 1 is 1.47 bits per heavy atom. The zero-order valence-electron chi connectivity index (χ0n) is 10.1. The lowest BCUT2D eigenvalue weighted by molar-refractivity contribution is 0.102. The SMILES string of the molecule is Cc1ccc(NC(=O)c2csc3nccn23)cc1Cl. The van der Waals surface area contributed by atoms with Crippen LogP contribution in [0.15, 0.2) is 36.0 Å². The van der Waals surface area contributed by atoms with Crippen LogP contribution in [0.5, 0.6) is 0 Å². The zero-order chi connectivity index (χ0) is 13.4. The molecule has 0 saturated heterocycles. The first-order valence-electron chi connectivity index (χ1n) is 5.63. The van der Waals surface area contributed by atoms with Crippen LogP contribution >= 0.6 is 22.9 Å². The van der Waals surface area contributed by atoms with Crippen LogP contribution in [0.25, 0.3) is 4.96 Å². The first-order chi connectivity index (χ1) is 9.15. The molecule has 0 aliphatic heterocycles. The van der Waals surface area contributed by atoms with Crippen molar-refractivity contribution in [2.75, 3.05) is 5.32 Å². The van der Waals surface area contributed by atoms with Crippen molar-refractivity contribution in [1.29, 1.82) is 0 Å². The standard InChI is InChI=1S/C13H10ClN3OS/c1-8-2-3-9(6-10(8)14)16-12(18)11-7-19-13-15-4-5-17(11)13/h2-7H,1H3,(H,16,18). The summed E-state index contributed by atoms with van der Waals surface area (Å²) >= 11 is 7.47. The molecule has 0 radical (unpaired) electrons. The number of aromatic nitrogens is 2. The van der Waals surface area contributed by atoms with Gasteiger partial charge in [-0.05, 0) is 24.6 Å². The van der Waals surface area contributed by atoms with Crippen molar-refractivity contribution in [3.8, 4) is 0 Å². The predicted molar refractivity (Wildman–Crippen MR) is 77.2 cm³/mol. The maximum atomic E-state index is 12.2. The van der Waals surface area contributed by atoms with E-state index < -0.39 is 0 Å². The molecule has 0 bridgehead atoms. The molecule has 96 valence electrons. The Labute approximate surface area is 118 Å². The van der Waals surface area contributed by atoms with Crippen LogP contribution in [0.3, 0.4) is 0 Å². The van der Waals surface area contributed by atoms with Gasteiger partial charge in [-0.25, -0.2) is 4.98 Å². The van der Waals surface area contributed by atoms with Gasteiger partial charge in [-0.3, -0.25) is 9.20 Å². The van der Waals surface area contributed by atoms with Crippen molar-refractivity contribution in [2.24, 2.45) is 0 Å². The summed E-state index contributed by atoms with van der Waals surface area (Å²) in [5.41, 5.74) is 2.22. The van der Waals surface area contributed by atoms with E-state index >= 15 is 0 Å². The molecule has 2 aromatic heterocycles. The molecule has 0 aliphatic rings. The van der Waals surface area contributed by atoms with Gasteiger partial charge in [0.2, 0.25) is 0 Å². The molecule has 0 atom stereocenters. The molecule has 0 saturated carbocycles. The number of carbonyl (C=O) groups excluding carboxylic acids is 1. The number of halogens is 1. The highest BCUT2D eigenvalue weighted by Crippen LogP contribution is 2.21. The molecule has 19 heavy (non-hydrogen) atoms. The minimum absolute atomic E-state index is 0.177. The molecule has 4 nitrogen and oxygen atoms in total. The Bertz CT molecular complexity index is 762. The Balaban J connectivity index is 1.89. The van der Waals surface area contributed by atoms with Crippen LogP contribution < -0.4 is 5.32 Å². The van der Waals surface area contributed by atoms with Gasteiger partial charge in [-0.1, -0.05) is 17.7 Å². The van der Waals surface area contributed by atoms with Gasteiger partial charge in [0, 0.05) is 28.5 Å². The molecule has 0 aliphatic carbocycles. The third-order valence-corrected chi connectivity index (χ3v) is 4.07. The second kappa shape index (κ2) is 4.68. The van der Waals surface area contributed by atoms with Crippen LogP contribution in [0.4, 0.5) is 5.69 Å². The number of hydrogen-bond donors (Lipinski definition) is 1. The summed E-state index contributed by atoms with van der Waals surface area (Å²) in [5, 5.41) is 5.25. The van der Waals surface area contributed by atoms with E-state index in [1.165, 1.54) is 11.3 Å². The lowest BCUT2D eigenvalue weighted by atomic mass is 10.2. The van der Waals surface area contributed by atoms with Gasteiger partial charge >= 0.3 is 0 Å². The molecular weight excluding hydrogens is 282 g/mol. The number of benzene rings is 1. The van der Waals surface area contributed by atoms with Gasteiger partial charge in [-0.2, -0.15) is 0 Å². The van der Waals surface area contributed by atoms with E-state index in [1.54, 1.807) is 28.2 Å². The van der Waals surface area contributed by atoms with Gasteiger partial charge in [0.1, 0.15) is 5.69 Å². The first-order valence-corrected chi connectivity index (χ1v) is 6.89. The fourth-order valence-electron chi connectivity index (χ4n) is 1.75. The van der Waals surface area contributed by atoms with E-state index in [2.05, 4.69) is 10.3 Å². The number of rotatable bonds is 2. The summed E-state index contributed by atoms with van der Waals surface area (Å²) in [6, 6.07) is 5.45. The number of thiazole rings is 1. The van der Waals surface area contributed by atoms with Crippen LogP contribution in [0.2, 0.25) is 5.02 Å². The lowest BCUT2D eigenvalue weighted by Crippen LogP contribution is -2.13. The Kier molecular flexibility index (Phi) is 3.00. The van der Waals surface area contributed by atoms with Gasteiger partial charge in [-0.15, -0.1) is 11.3 Å². The number of fused-ring (bicyclic) bond motifs is 1. The highest BCUT2D eigenvalue weighted by Gasteiger charge is 2.12. The molecule has 0 spiro atoms. The summed E-state index contributed by atoms with van der Waals surface area (Å²) in [6.45, 7) is 1.92. The highest BCUT2D eigenvalue weighted by molar-refractivity contribution is 7.15. The fourth-order valence-corrected chi connectivity index (χ4v) is 2.77. The van der Waals surface area contributed by atoms with Gasteiger partial charge in [0.15, 0.2) is 4.96 Å². The molecule has 3 aromatic rings. The average Bonchev–Trinajstić information content (AvgIpc) is 2.95. The van der Waals surface area contributed by atoms with Crippen LogP contribution in [-0.2, 0) is 0 Å². The van der Waals surface area contributed by atoms with Gasteiger partial charge in [0.05, 0.1) is 0 Å². The average molecular weight is 292 g/mol. The number of anilines is 1. The Morgan fingerprint density at radius 3 is 3.11 bits per heavy atom. The molecule has 6 heteroatoms. The molecule has 1 N–H and O–H groups in total. The number of carbonyl (C=O) groups is 1. The van der Waals surface area contributed by atoms with E-state index in [0.717, 1.165) is 10.5 Å². The number of aryl methyl sites for hydroxylation is 1. The zero-order valence-corrected chi connectivity index (χ0v) is 11.6. The maximum absolute atomic E-state index is 12.2. The summed E-state index contributed by atoms with van der Waals surface area (Å²) in [5.74, 6) is -0.177. The van der Waals surface area contributed by atoms with E-state index in [-0.39, 0.29) is 5.91 Å². The number of amides is 1. The predicted octanol–water partition coefficient (Wildman–Crippen LogP) is 3.61. The van der Waals surface area contributed by atoms with E-state index in [1.807, 2.05) is 19.1 Å². The molecular formula is C13H10ClN3OS. The fraction of sp³-hybridized carbons (Fsp3) is 0.0769. The van der Waals surface area contributed by atoms with Crippen molar-refractivity contribution in [3.63, 3.8) is 0 Å². The quantitative estimate of drug-likeness (QED) is 0.784. The highest BCUT2D eigenvalue weighted by atomic mass is 35.5. The smallest absolute Gasteiger partial charge is 0.273 e. The topological polar surface area (TPSA) is 46.4 Å². The van der Waals surface area contributed by atoms with Crippen molar-refractivity contribution in [2.45, 2.75) is 6.92 Å². The van der Waals surface area contributed by atoms with E-state index in [9.17, 15) is 4.79 Å². The molecule has 3 rings (SSSR count). The van der Waals surface area contributed by atoms with Crippen LogP contribution in [-0.4, -0.2) is 15.3 Å². The summed E-state index contributed by atoms with van der Waals surface area (Å²) < 4.78 is 1.76. The molecule has 0 unspecified atom stereocenters. The minimum Gasteiger partial charge on any atom is -0.321 e. The van der Waals surface area contributed by atoms with Crippen molar-refractivity contribution < 1.29 is 4.79 Å². The normalized spacial score (nSPS) is 10.8. The monoisotopic (exact) mass is 291 g/mol. The maximum Gasteiger partial charge on any atom is 0.273 e. The third kappa shape index (κ3) is 2.22. The van der Waals surface area contributed by atoms with Gasteiger partial charge in [0.25, 0.3) is 5.91 Å². The number of nitrogens with one attached hydrogen (secondary N) is 1. The van der Waals surface area contributed by atoms with Crippen molar-refractivity contribution in [3.05, 3.63) is 52.3 Å². The minimum atomic E-state index is -0.177. The number of nitrogens with zero attached hydrogens (tertiary/aromatic N) is 2. The molecule has 0 fully saturated rings. The van der Waals surface area contributed by atoms with Crippen LogP contribution in [0.1, 0.15) is 16.1 Å². The summed E-state index contributed by atoms with van der Waals surface area (Å²) in [6.07, 6.45) is 3.44. The molecule has 1 amide bonds. The van der Waals surface area contributed by atoms with E-state index in [0.29, 0.717) is 16.4 Å². The largest absolute Gasteiger partial charge is 0.321 e. The second-order valence-corrected chi connectivity index (χ2v) is 5.36. The second-order valence-electron chi connectivity index (χ2n) is 4.12. The summed E-state index contributed by atoms with van der Waals surface area (Å²) in [7, 11) is 0.